The zero-order valence-corrected chi connectivity index (χ0v) is 9.51. The number of primary amides is 2. The molecule has 0 heterocycles. The van der Waals surface area contributed by atoms with Crippen LogP contribution in [0.25, 0.3) is 0 Å². The fraction of sp³-hybridized carbons (Fsp3) is 0.778. The van der Waals surface area contributed by atoms with Gasteiger partial charge in [-0.15, -0.1) is 0 Å². The summed E-state index contributed by atoms with van der Waals surface area (Å²) >= 11 is 0. The van der Waals surface area contributed by atoms with Crippen LogP contribution in [-0.2, 0) is 0 Å². The maximum Gasteiger partial charge on any atom is 0.312 e. The topological polar surface area (TPSA) is 110 Å². The molecule has 0 aliphatic heterocycles. The molecular weight excluding hydrogens is 196 g/mol. The molecule has 0 fully saturated rings. The van der Waals surface area contributed by atoms with Gasteiger partial charge in [-0.25, -0.2) is 9.59 Å². The predicted octanol–water partition coefficient (Wildman–Crippen LogP) is 0.520. The Kier molecular flexibility index (Phi) is 13.4. The van der Waals surface area contributed by atoms with Crippen LogP contribution in [0.2, 0.25) is 0 Å². The largest absolute Gasteiger partial charge is 0.352 e. The molecular formula is C9H22N4O2. The Morgan fingerprint density at radius 2 is 1.40 bits per heavy atom. The summed E-state index contributed by atoms with van der Waals surface area (Å²) < 4.78 is 0. The Balaban J connectivity index is 0. The van der Waals surface area contributed by atoms with Crippen molar-refractivity contribution in [1.82, 2.24) is 10.6 Å². The normalized spacial score (nSPS) is 8.40. The van der Waals surface area contributed by atoms with Crippen molar-refractivity contribution in [1.29, 1.82) is 0 Å². The summed E-state index contributed by atoms with van der Waals surface area (Å²) in [4.78, 5) is 19.9. The van der Waals surface area contributed by atoms with Gasteiger partial charge in [0.25, 0.3) is 0 Å². The number of nitrogens with two attached hydrogens (primary N) is 2. The third kappa shape index (κ3) is 24.5. The van der Waals surface area contributed by atoms with Crippen molar-refractivity contribution in [3.8, 4) is 0 Å². The smallest absolute Gasteiger partial charge is 0.312 e. The monoisotopic (exact) mass is 218 g/mol. The van der Waals surface area contributed by atoms with Crippen molar-refractivity contribution in [2.24, 2.45) is 11.5 Å². The molecule has 6 N–H and O–H groups in total. The van der Waals surface area contributed by atoms with Crippen LogP contribution in [-0.4, -0.2) is 25.2 Å². The van der Waals surface area contributed by atoms with Gasteiger partial charge < -0.3 is 22.1 Å². The number of rotatable bonds is 5. The quantitative estimate of drug-likeness (QED) is 0.504. The summed E-state index contributed by atoms with van der Waals surface area (Å²) in [7, 11) is 0. The summed E-state index contributed by atoms with van der Waals surface area (Å²) in [5, 5.41) is 4.92. The van der Waals surface area contributed by atoms with Gasteiger partial charge >= 0.3 is 12.1 Å². The summed E-state index contributed by atoms with van der Waals surface area (Å²) in [5.41, 5.74) is 9.51. The van der Waals surface area contributed by atoms with E-state index >= 15 is 0 Å². The van der Waals surface area contributed by atoms with Crippen LogP contribution >= 0.6 is 0 Å². The van der Waals surface area contributed by atoms with Gasteiger partial charge in [0.1, 0.15) is 0 Å². The van der Waals surface area contributed by atoms with E-state index in [2.05, 4.69) is 17.6 Å². The van der Waals surface area contributed by atoms with E-state index in [4.69, 9.17) is 11.5 Å². The molecule has 0 saturated heterocycles. The Morgan fingerprint density at radius 1 is 0.933 bits per heavy atom. The maximum atomic E-state index is 9.99. The standard InChI is InChI=1S/C5H12N2O.C4H10N2O/c1-2-3-4-7-5(6)8;1-2-3-6-4(5)7/h2-4H2,1H3,(H3,6,7,8);2-3H2,1H3,(H3,5,6,7). The lowest BCUT2D eigenvalue weighted by molar-refractivity contribution is 0.248. The van der Waals surface area contributed by atoms with Crippen molar-refractivity contribution in [3.63, 3.8) is 0 Å². The molecule has 0 aromatic heterocycles. The van der Waals surface area contributed by atoms with Crippen LogP contribution in [0.1, 0.15) is 33.1 Å². The Labute approximate surface area is 90.8 Å². The lowest BCUT2D eigenvalue weighted by Gasteiger charge is -1.96. The van der Waals surface area contributed by atoms with Crippen LogP contribution in [0.4, 0.5) is 9.59 Å². The first-order chi connectivity index (χ1) is 7.04. The minimum atomic E-state index is -0.443. The number of carbonyl (C=O) groups is 2. The molecule has 0 unspecified atom stereocenters. The van der Waals surface area contributed by atoms with Gasteiger partial charge in [0.15, 0.2) is 0 Å². The first kappa shape index (κ1) is 16.0. The zero-order valence-electron chi connectivity index (χ0n) is 9.51. The molecule has 0 spiro atoms. The summed E-state index contributed by atoms with van der Waals surface area (Å²) in [6, 6.07) is -0.875. The number of amides is 4. The van der Waals surface area contributed by atoms with Crippen LogP contribution in [0.15, 0.2) is 0 Å². The van der Waals surface area contributed by atoms with Gasteiger partial charge in [-0.1, -0.05) is 20.3 Å². The highest BCUT2D eigenvalue weighted by atomic mass is 16.2. The van der Waals surface area contributed by atoms with Gasteiger partial charge in [0, 0.05) is 13.1 Å². The number of hydrogen-bond acceptors (Lipinski definition) is 2. The first-order valence-electron chi connectivity index (χ1n) is 5.11. The Hall–Kier alpha value is -1.46. The molecule has 90 valence electrons. The molecule has 0 aliphatic rings. The first-order valence-corrected chi connectivity index (χ1v) is 5.11. The fourth-order valence-corrected chi connectivity index (χ4v) is 0.637. The summed E-state index contributed by atoms with van der Waals surface area (Å²) in [5.74, 6) is 0. The molecule has 6 heteroatoms. The molecule has 0 radical (unpaired) electrons. The average Bonchev–Trinajstić information content (AvgIpc) is 2.15. The van der Waals surface area contributed by atoms with E-state index in [0.717, 1.165) is 19.3 Å². The van der Waals surface area contributed by atoms with Crippen LogP contribution in [0.3, 0.4) is 0 Å². The molecule has 15 heavy (non-hydrogen) atoms. The van der Waals surface area contributed by atoms with Gasteiger partial charge in [0.2, 0.25) is 0 Å². The predicted molar refractivity (Wildman–Crippen MR) is 60.4 cm³/mol. The molecule has 0 bridgehead atoms. The van der Waals surface area contributed by atoms with E-state index in [1.54, 1.807) is 0 Å². The van der Waals surface area contributed by atoms with Crippen molar-refractivity contribution >= 4 is 12.1 Å². The average molecular weight is 218 g/mol. The van der Waals surface area contributed by atoms with Crippen molar-refractivity contribution in [3.05, 3.63) is 0 Å². The van der Waals surface area contributed by atoms with E-state index < -0.39 is 12.1 Å². The summed E-state index contributed by atoms with van der Waals surface area (Å²) in [6.45, 7) is 5.40. The van der Waals surface area contributed by atoms with E-state index in [1.165, 1.54) is 0 Å². The van der Waals surface area contributed by atoms with E-state index in [-0.39, 0.29) is 0 Å². The number of carbonyl (C=O) groups excluding carboxylic acids is 2. The molecule has 0 saturated carbocycles. The number of urea groups is 2. The van der Waals surface area contributed by atoms with Crippen LogP contribution < -0.4 is 22.1 Å². The SMILES string of the molecule is CCCCNC(N)=O.CCCNC(N)=O. The third-order valence-electron chi connectivity index (χ3n) is 1.38. The van der Waals surface area contributed by atoms with Crippen molar-refractivity contribution in [2.45, 2.75) is 33.1 Å². The van der Waals surface area contributed by atoms with Crippen molar-refractivity contribution in [2.75, 3.05) is 13.1 Å². The molecule has 0 atom stereocenters. The number of unbranched alkanes of at least 4 members (excludes halogenated alkanes) is 1. The second kappa shape index (κ2) is 12.5. The molecule has 0 rings (SSSR count). The van der Waals surface area contributed by atoms with Gasteiger partial charge in [-0.2, -0.15) is 0 Å². The number of nitrogens with one attached hydrogen (secondary N) is 2. The molecule has 0 aromatic carbocycles. The van der Waals surface area contributed by atoms with Gasteiger partial charge in [0.05, 0.1) is 0 Å². The minimum Gasteiger partial charge on any atom is -0.352 e. The number of hydrogen-bond donors (Lipinski definition) is 4. The van der Waals surface area contributed by atoms with E-state index in [9.17, 15) is 9.59 Å². The van der Waals surface area contributed by atoms with Gasteiger partial charge in [-0.3, -0.25) is 0 Å². The highest BCUT2D eigenvalue weighted by Crippen LogP contribution is 1.80. The second-order valence-corrected chi connectivity index (χ2v) is 2.94. The third-order valence-corrected chi connectivity index (χ3v) is 1.38. The van der Waals surface area contributed by atoms with E-state index in [1.807, 2.05) is 6.92 Å². The maximum absolute atomic E-state index is 9.99. The Morgan fingerprint density at radius 3 is 1.67 bits per heavy atom. The lowest BCUT2D eigenvalue weighted by Crippen LogP contribution is -2.29. The van der Waals surface area contributed by atoms with Crippen LogP contribution in [0.5, 0.6) is 0 Å². The fourth-order valence-electron chi connectivity index (χ4n) is 0.637. The molecule has 6 nitrogen and oxygen atoms in total. The van der Waals surface area contributed by atoms with Crippen LogP contribution in [0, 0.1) is 0 Å². The Bertz CT molecular complexity index is 173. The molecule has 4 amide bonds. The highest BCUT2D eigenvalue weighted by molar-refractivity contribution is 5.71. The zero-order chi connectivity index (χ0) is 12.1. The van der Waals surface area contributed by atoms with Gasteiger partial charge in [-0.05, 0) is 12.8 Å². The van der Waals surface area contributed by atoms with E-state index in [0.29, 0.717) is 13.1 Å². The lowest BCUT2D eigenvalue weighted by atomic mass is 10.3. The van der Waals surface area contributed by atoms with Crippen molar-refractivity contribution < 1.29 is 9.59 Å². The molecule has 0 aromatic rings. The summed E-state index contributed by atoms with van der Waals surface area (Å²) in [6.07, 6.45) is 3.02. The minimum absolute atomic E-state index is 0.432. The second-order valence-electron chi connectivity index (χ2n) is 2.94. The highest BCUT2D eigenvalue weighted by Gasteiger charge is 1.86. The molecule has 0 aliphatic carbocycles.